The van der Waals surface area contributed by atoms with Gasteiger partial charge in [0, 0.05) is 18.6 Å². The second-order valence-electron chi connectivity index (χ2n) is 3.29. The number of aromatic nitrogens is 2. The number of hydrogen-bond donors (Lipinski definition) is 2. The minimum Gasteiger partial charge on any atom is -0.476 e. The first-order valence-corrected chi connectivity index (χ1v) is 6.03. The van der Waals surface area contributed by atoms with Crippen LogP contribution in [0.5, 0.6) is 0 Å². The maximum Gasteiger partial charge on any atom is 0.355 e. The van der Waals surface area contributed by atoms with Crippen LogP contribution >= 0.6 is 0 Å². The molecule has 17 heavy (non-hydrogen) atoms. The van der Waals surface area contributed by atoms with Crippen LogP contribution in [0.15, 0.2) is 36.8 Å². The van der Waals surface area contributed by atoms with E-state index in [1.54, 1.807) is 24.5 Å². The van der Waals surface area contributed by atoms with E-state index in [0.29, 0.717) is 3.97 Å². The lowest BCUT2D eigenvalue weighted by molar-refractivity contribution is 0.0689. The Morgan fingerprint density at radius 3 is 2.29 bits per heavy atom. The van der Waals surface area contributed by atoms with E-state index in [4.69, 9.17) is 10.2 Å². The largest absolute Gasteiger partial charge is 0.476 e. The highest BCUT2D eigenvalue weighted by Crippen LogP contribution is 2.17. The molecule has 0 amide bonds. The van der Waals surface area contributed by atoms with Gasteiger partial charge in [-0.25, -0.2) is 13.9 Å². The van der Waals surface area contributed by atoms with E-state index in [1.165, 1.54) is 10.6 Å². The molecule has 0 aromatic carbocycles. The van der Waals surface area contributed by atoms with Crippen molar-refractivity contribution < 1.29 is 18.3 Å². The third-order valence-corrected chi connectivity index (χ3v) is 3.04. The standard InChI is InChI=1S/C9H9N3O4S/c10-17(15,16)12-6-3-7(8(12)9(13)14)11-4-1-2-5-11/h1-6H,(H,13,14)(H2,10,15,16). The van der Waals surface area contributed by atoms with Crippen molar-refractivity contribution in [3.8, 4) is 5.69 Å². The van der Waals surface area contributed by atoms with E-state index in [1.807, 2.05) is 0 Å². The minimum atomic E-state index is -4.13. The number of carbonyl (C=O) groups is 1. The van der Waals surface area contributed by atoms with Gasteiger partial charge in [-0.3, -0.25) is 0 Å². The Morgan fingerprint density at radius 1 is 1.24 bits per heavy atom. The smallest absolute Gasteiger partial charge is 0.355 e. The molecule has 0 spiro atoms. The number of carboxylic acid groups (broad SMARTS) is 1. The third-order valence-electron chi connectivity index (χ3n) is 2.19. The Hall–Kier alpha value is -2.06. The first kappa shape index (κ1) is 11.4. The molecule has 0 radical (unpaired) electrons. The highest BCUT2D eigenvalue weighted by atomic mass is 32.2. The second-order valence-corrected chi connectivity index (χ2v) is 4.71. The van der Waals surface area contributed by atoms with E-state index >= 15 is 0 Å². The fraction of sp³-hybridized carbons (Fsp3) is 0. The Balaban J connectivity index is 2.72. The van der Waals surface area contributed by atoms with Crippen molar-refractivity contribution in [1.29, 1.82) is 0 Å². The normalized spacial score (nSPS) is 11.6. The molecule has 90 valence electrons. The van der Waals surface area contributed by atoms with Crippen LogP contribution in [0.2, 0.25) is 0 Å². The monoisotopic (exact) mass is 255 g/mol. The van der Waals surface area contributed by atoms with Crippen molar-refractivity contribution in [2.24, 2.45) is 5.14 Å². The zero-order valence-electron chi connectivity index (χ0n) is 8.52. The highest BCUT2D eigenvalue weighted by Gasteiger charge is 2.22. The number of hydrogen-bond acceptors (Lipinski definition) is 3. The molecule has 2 heterocycles. The third kappa shape index (κ3) is 1.95. The molecule has 0 aliphatic heterocycles. The quantitative estimate of drug-likeness (QED) is 0.806. The van der Waals surface area contributed by atoms with Crippen molar-refractivity contribution in [2.75, 3.05) is 0 Å². The van der Waals surface area contributed by atoms with Gasteiger partial charge in [-0.05, 0) is 18.2 Å². The summed E-state index contributed by atoms with van der Waals surface area (Å²) in [4.78, 5) is 11.1. The zero-order chi connectivity index (χ0) is 12.6. The summed E-state index contributed by atoms with van der Waals surface area (Å²) in [5, 5.41) is 14.0. The van der Waals surface area contributed by atoms with Gasteiger partial charge in [0.2, 0.25) is 0 Å². The van der Waals surface area contributed by atoms with E-state index in [2.05, 4.69) is 0 Å². The van der Waals surface area contributed by atoms with Crippen LogP contribution in [0, 0.1) is 0 Å². The van der Waals surface area contributed by atoms with Crippen LogP contribution in [-0.4, -0.2) is 28.0 Å². The van der Waals surface area contributed by atoms with Gasteiger partial charge in [0.15, 0.2) is 5.69 Å². The van der Waals surface area contributed by atoms with Crippen molar-refractivity contribution in [1.82, 2.24) is 8.54 Å². The summed E-state index contributed by atoms with van der Waals surface area (Å²) in [7, 11) is -4.13. The van der Waals surface area contributed by atoms with Crippen molar-refractivity contribution in [3.63, 3.8) is 0 Å². The Bertz CT molecular complexity index is 654. The van der Waals surface area contributed by atoms with E-state index in [0.717, 1.165) is 6.20 Å². The molecule has 7 nitrogen and oxygen atoms in total. The van der Waals surface area contributed by atoms with Crippen LogP contribution in [-0.2, 0) is 10.2 Å². The summed E-state index contributed by atoms with van der Waals surface area (Å²) >= 11 is 0. The molecule has 0 bridgehead atoms. The lowest BCUT2D eigenvalue weighted by atomic mass is 10.3. The van der Waals surface area contributed by atoms with Gasteiger partial charge < -0.3 is 9.67 Å². The molecule has 3 N–H and O–H groups in total. The van der Waals surface area contributed by atoms with E-state index < -0.39 is 21.9 Å². The Kier molecular flexibility index (Phi) is 2.52. The summed E-state index contributed by atoms with van der Waals surface area (Å²) < 4.78 is 24.4. The maximum absolute atomic E-state index is 11.2. The topological polar surface area (TPSA) is 107 Å². The average Bonchev–Trinajstić information content (AvgIpc) is 2.84. The lowest BCUT2D eigenvalue weighted by Gasteiger charge is -2.05. The van der Waals surface area contributed by atoms with Crippen LogP contribution < -0.4 is 5.14 Å². The van der Waals surface area contributed by atoms with Crippen molar-refractivity contribution in [2.45, 2.75) is 0 Å². The SMILES string of the molecule is NS(=O)(=O)n1ccc(-n2cccc2)c1C(=O)O. The fourth-order valence-corrected chi connectivity index (χ4v) is 2.18. The molecule has 0 aliphatic rings. The first-order valence-electron chi connectivity index (χ1n) is 4.52. The van der Waals surface area contributed by atoms with Gasteiger partial charge >= 0.3 is 16.2 Å². The molecule has 2 aromatic rings. The van der Waals surface area contributed by atoms with Crippen LogP contribution in [0.3, 0.4) is 0 Å². The van der Waals surface area contributed by atoms with Crippen molar-refractivity contribution in [3.05, 3.63) is 42.5 Å². The number of carboxylic acids is 1. The average molecular weight is 255 g/mol. The molecule has 2 rings (SSSR count). The summed E-state index contributed by atoms with van der Waals surface area (Å²) in [5.41, 5.74) is -0.166. The molecule has 0 unspecified atom stereocenters. The van der Waals surface area contributed by atoms with E-state index in [-0.39, 0.29) is 5.69 Å². The molecular weight excluding hydrogens is 246 g/mol. The van der Waals surface area contributed by atoms with Gasteiger partial charge in [-0.2, -0.15) is 8.42 Å². The molecule has 0 atom stereocenters. The molecule has 0 aliphatic carbocycles. The van der Waals surface area contributed by atoms with Gasteiger partial charge in [0.25, 0.3) is 0 Å². The summed E-state index contributed by atoms with van der Waals surface area (Å²) in [6.07, 6.45) is 4.32. The highest BCUT2D eigenvalue weighted by molar-refractivity contribution is 7.87. The fourth-order valence-electron chi connectivity index (χ4n) is 1.52. The lowest BCUT2D eigenvalue weighted by Crippen LogP contribution is -2.25. The maximum atomic E-state index is 11.2. The molecule has 8 heteroatoms. The summed E-state index contributed by atoms with van der Waals surface area (Å²) in [5.74, 6) is -1.37. The van der Waals surface area contributed by atoms with Crippen LogP contribution in [0.25, 0.3) is 5.69 Å². The summed E-state index contributed by atoms with van der Waals surface area (Å²) in [6.45, 7) is 0. The Labute approximate surface area is 96.9 Å². The van der Waals surface area contributed by atoms with Gasteiger partial charge in [-0.15, -0.1) is 0 Å². The number of nitrogens with two attached hydrogens (primary N) is 1. The number of nitrogens with zero attached hydrogens (tertiary/aromatic N) is 2. The van der Waals surface area contributed by atoms with Gasteiger partial charge in [0.05, 0.1) is 5.69 Å². The molecule has 2 aromatic heterocycles. The van der Waals surface area contributed by atoms with E-state index in [9.17, 15) is 13.2 Å². The van der Waals surface area contributed by atoms with Gasteiger partial charge in [0.1, 0.15) is 0 Å². The van der Waals surface area contributed by atoms with Gasteiger partial charge in [-0.1, -0.05) is 0 Å². The Morgan fingerprint density at radius 2 is 1.82 bits per heavy atom. The predicted molar refractivity (Wildman–Crippen MR) is 59.2 cm³/mol. The zero-order valence-corrected chi connectivity index (χ0v) is 9.33. The molecule has 0 fully saturated rings. The molecular formula is C9H9N3O4S. The predicted octanol–water partition coefficient (Wildman–Crippen LogP) is 0.0286. The molecule has 0 saturated heterocycles. The van der Waals surface area contributed by atoms with Crippen LogP contribution in [0.1, 0.15) is 10.5 Å². The first-order chi connectivity index (χ1) is 7.91. The van der Waals surface area contributed by atoms with Crippen molar-refractivity contribution >= 4 is 16.2 Å². The van der Waals surface area contributed by atoms with Crippen LogP contribution in [0.4, 0.5) is 0 Å². The summed E-state index contributed by atoms with van der Waals surface area (Å²) in [6, 6.07) is 4.76. The number of rotatable bonds is 3. The second kappa shape index (κ2) is 3.75. The molecule has 0 saturated carbocycles. The number of aromatic carboxylic acids is 1. The minimum absolute atomic E-state index is 0.233.